The molecule has 1 atom stereocenters. The number of nitrogens with zero attached hydrogens (tertiary/aromatic N) is 1. The number of para-hydroxylation sites is 2. The molecule has 1 heterocycles. The summed E-state index contributed by atoms with van der Waals surface area (Å²) < 4.78 is 0. The van der Waals surface area contributed by atoms with Crippen LogP contribution in [0.2, 0.25) is 0 Å². The van der Waals surface area contributed by atoms with Gasteiger partial charge < -0.3 is 16.0 Å². The number of anilines is 2. The van der Waals surface area contributed by atoms with Crippen LogP contribution >= 0.6 is 0 Å². The average molecular weight is 205 g/mol. The van der Waals surface area contributed by atoms with E-state index in [1.54, 1.807) is 0 Å². The van der Waals surface area contributed by atoms with Crippen molar-refractivity contribution < 1.29 is 0 Å². The predicted octanol–water partition coefficient (Wildman–Crippen LogP) is 1.66. The van der Waals surface area contributed by atoms with Crippen molar-refractivity contribution in [3.05, 3.63) is 24.3 Å². The van der Waals surface area contributed by atoms with Crippen LogP contribution in [-0.2, 0) is 0 Å². The lowest BCUT2D eigenvalue weighted by atomic mass is 10.1. The van der Waals surface area contributed by atoms with Gasteiger partial charge in [-0.2, -0.15) is 0 Å². The van der Waals surface area contributed by atoms with Crippen LogP contribution in [-0.4, -0.2) is 25.7 Å². The molecule has 1 aliphatic rings. The normalized spacial score (nSPS) is 16.8. The number of hydrogen-bond donors (Lipinski definition) is 2. The van der Waals surface area contributed by atoms with Crippen molar-refractivity contribution >= 4 is 11.4 Å². The zero-order valence-electron chi connectivity index (χ0n) is 9.24. The summed E-state index contributed by atoms with van der Waals surface area (Å²) in [5.41, 5.74) is 8.34. The van der Waals surface area contributed by atoms with Crippen LogP contribution in [0, 0.1) is 0 Å². The summed E-state index contributed by atoms with van der Waals surface area (Å²) >= 11 is 0. The van der Waals surface area contributed by atoms with Crippen molar-refractivity contribution in [1.82, 2.24) is 0 Å². The Kier molecular flexibility index (Phi) is 3.11. The number of rotatable bonds is 3. The second-order valence-electron chi connectivity index (χ2n) is 4.20. The molecule has 15 heavy (non-hydrogen) atoms. The van der Waals surface area contributed by atoms with Crippen molar-refractivity contribution in [3.63, 3.8) is 0 Å². The van der Waals surface area contributed by atoms with Gasteiger partial charge in [-0.15, -0.1) is 0 Å². The van der Waals surface area contributed by atoms with Crippen molar-refractivity contribution in [1.29, 1.82) is 0 Å². The molecule has 0 amide bonds. The third kappa shape index (κ3) is 2.42. The number of nitrogens with two attached hydrogens (primary N) is 1. The number of fused-ring (bicyclic) bond motifs is 1. The molecule has 0 saturated carbocycles. The van der Waals surface area contributed by atoms with Crippen LogP contribution in [0.3, 0.4) is 0 Å². The Morgan fingerprint density at radius 3 is 3.07 bits per heavy atom. The highest BCUT2D eigenvalue weighted by molar-refractivity contribution is 5.71. The third-order valence-electron chi connectivity index (χ3n) is 2.80. The molecule has 0 aromatic heterocycles. The van der Waals surface area contributed by atoms with Gasteiger partial charge in [-0.25, -0.2) is 0 Å². The summed E-state index contributed by atoms with van der Waals surface area (Å²) in [7, 11) is 0. The molecule has 1 unspecified atom stereocenters. The van der Waals surface area contributed by atoms with E-state index in [9.17, 15) is 0 Å². The molecular formula is C12H19N3. The first-order valence-corrected chi connectivity index (χ1v) is 5.61. The summed E-state index contributed by atoms with van der Waals surface area (Å²) in [6, 6.07) is 8.74. The van der Waals surface area contributed by atoms with E-state index in [2.05, 4.69) is 41.4 Å². The van der Waals surface area contributed by atoms with Gasteiger partial charge in [0, 0.05) is 25.7 Å². The minimum atomic E-state index is 0.284. The molecule has 0 aliphatic carbocycles. The van der Waals surface area contributed by atoms with Crippen LogP contribution in [0.1, 0.15) is 13.3 Å². The topological polar surface area (TPSA) is 41.3 Å². The lowest BCUT2D eigenvalue weighted by molar-refractivity contribution is 0.637. The number of hydrogen-bond acceptors (Lipinski definition) is 3. The van der Waals surface area contributed by atoms with Gasteiger partial charge in [-0.3, -0.25) is 0 Å². The molecule has 2 rings (SSSR count). The van der Waals surface area contributed by atoms with Crippen LogP contribution in [0.25, 0.3) is 0 Å². The van der Waals surface area contributed by atoms with Crippen LogP contribution in [0.5, 0.6) is 0 Å². The number of nitrogens with one attached hydrogen (secondary N) is 1. The molecule has 0 spiro atoms. The quantitative estimate of drug-likeness (QED) is 0.788. The number of benzene rings is 1. The average Bonchev–Trinajstić information content (AvgIpc) is 2.26. The van der Waals surface area contributed by atoms with Gasteiger partial charge in [0.2, 0.25) is 0 Å². The molecular weight excluding hydrogens is 186 g/mol. The standard InChI is InChI=1S/C12H19N3/c1-10(13)6-8-15-9-7-14-11-4-2-3-5-12(11)15/h2-5,10,14H,6-9,13H2,1H3. The maximum atomic E-state index is 5.79. The zero-order chi connectivity index (χ0) is 10.7. The van der Waals surface area contributed by atoms with E-state index in [4.69, 9.17) is 5.73 Å². The van der Waals surface area contributed by atoms with E-state index in [1.807, 2.05) is 0 Å². The van der Waals surface area contributed by atoms with E-state index in [0.717, 1.165) is 26.1 Å². The lowest BCUT2D eigenvalue weighted by Gasteiger charge is -2.32. The Hall–Kier alpha value is -1.22. The smallest absolute Gasteiger partial charge is 0.0602 e. The highest BCUT2D eigenvalue weighted by atomic mass is 15.2. The van der Waals surface area contributed by atoms with Gasteiger partial charge in [0.1, 0.15) is 0 Å². The summed E-state index contributed by atoms with van der Waals surface area (Å²) in [5, 5.41) is 3.41. The molecule has 3 N–H and O–H groups in total. The highest BCUT2D eigenvalue weighted by Crippen LogP contribution is 2.28. The lowest BCUT2D eigenvalue weighted by Crippen LogP contribution is -2.36. The first-order chi connectivity index (χ1) is 7.27. The summed E-state index contributed by atoms with van der Waals surface area (Å²) in [5.74, 6) is 0. The minimum Gasteiger partial charge on any atom is -0.382 e. The first-order valence-electron chi connectivity index (χ1n) is 5.61. The maximum absolute atomic E-state index is 5.79. The van der Waals surface area contributed by atoms with E-state index >= 15 is 0 Å². The molecule has 1 aromatic rings. The van der Waals surface area contributed by atoms with Gasteiger partial charge in [0.05, 0.1) is 11.4 Å². The molecule has 0 radical (unpaired) electrons. The van der Waals surface area contributed by atoms with Crippen LogP contribution in [0.4, 0.5) is 11.4 Å². The fraction of sp³-hybridized carbons (Fsp3) is 0.500. The molecule has 0 fully saturated rings. The molecule has 1 aromatic carbocycles. The summed E-state index contributed by atoms with van der Waals surface area (Å²) in [6.07, 6.45) is 1.05. The van der Waals surface area contributed by atoms with Gasteiger partial charge in [-0.1, -0.05) is 12.1 Å². The van der Waals surface area contributed by atoms with E-state index in [1.165, 1.54) is 11.4 Å². The van der Waals surface area contributed by atoms with Crippen molar-refractivity contribution in [2.75, 3.05) is 29.9 Å². The van der Waals surface area contributed by atoms with E-state index < -0.39 is 0 Å². The maximum Gasteiger partial charge on any atom is 0.0602 e. The minimum absolute atomic E-state index is 0.284. The van der Waals surface area contributed by atoms with Gasteiger partial charge in [0.25, 0.3) is 0 Å². The molecule has 3 nitrogen and oxygen atoms in total. The largest absolute Gasteiger partial charge is 0.382 e. The molecule has 0 bridgehead atoms. The Labute approximate surface area is 91.3 Å². The molecule has 1 aliphatic heterocycles. The van der Waals surface area contributed by atoms with Crippen LogP contribution < -0.4 is 16.0 Å². The Morgan fingerprint density at radius 2 is 2.27 bits per heavy atom. The summed E-state index contributed by atoms with van der Waals surface area (Å²) in [6.45, 7) is 5.21. The van der Waals surface area contributed by atoms with E-state index in [0.29, 0.717) is 0 Å². The SMILES string of the molecule is CC(N)CCN1CCNc2ccccc21. The van der Waals surface area contributed by atoms with Crippen molar-refractivity contribution in [3.8, 4) is 0 Å². The molecule has 82 valence electrons. The second kappa shape index (κ2) is 4.53. The third-order valence-corrected chi connectivity index (χ3v) is 2.80. The first kappa shape index (κ1) is 10.3. The van der Waals surface area contributed by atoms with E-state index in [-0.39, 0.29) is 6.04 Å². The fourth-order valence-corrected chi connectivity index (χ4v) is 1.94. The predicted molar refractivity (Wildman–Crippen MR) is 65.4 cm³/mol. The van der Waals surface area contributed by atoms with Crippen molar-refractivity contribution in [2.45, 2.75) is 19.4 Å². The zero-order valence-corrected chi connectivity index (χ0v) is 9.24. The van der Waals surface area contributed by atoms with Gasteiger partial charge in [0.15, 0.2) is 0 Å². The Bertz CT molecular complexity index is 322. The van der Waals surface area contributed by atoms with Gasteiger partial charge in [-0.05, 0) is 25.5 Å². The molecule has 3 heteroatoms. The highest BCUT2D eigenvalue weighted by Gasteiger charge is 2.15. The van der Waals surface area contributed by atoms with Crippen molar-refractivity contribution in [2.24, 2.45) is 5.73 Å². The Morgan fingerprint density at radius 1 is 1.47 bits per heavy atom. The summed E-state index contributed by atoms with van der Waals surface area (Å²) in [4.78, 5) is 2.41. The van der Waals surface area contributed by atoms with Crippen LogP contribution in [0.15, 0.2) is 24.3 Å². The fourth-order valence-electron chi connectivity index (χ4n) is 1.94. The monoisotopic (exact) mass is 205 g/mol. The Balaban J connectivity index is 2.08. The van der Waals surface area contributed by atoms with Gasteiger partial charge >= 0.3 is 0 Å². The second-order valence-corrected chi connectivity index (χ2v) is 4.20. The molecule has 0 saturated heterocycles.